The zero-order valence-electron chi connectivity index (χ0n) is 25.2. The molecule has 0 aliphatic rings. The number of rotatable bonds is 8. The van der Waals surface area contributed by atoms with Gasteiger partial charge in [-0.2, -0.15) is 0 Å². The summed E-state index contributed by atoms with van der Waals surface area (Å²) in [4.78, 5) is 40.3. The Kier molecular flexibility index (Phi) is 7.64. The molecule has 0 fully saturated rings. The lowest BCUT2D eigenvalue weighted by atomic mass is 9.71. The molecular formula is C37H34N6O2. The maximum absolute atomic E-state index is 15.3. The SMILES string of the molecule is Cc1cc(N)c2cc(C(C(N)=O)(C(=O)N(Cc3ccccc3)Cc3ccccc3)c3ccc4nc(C)cc(N)c4c3)ccc2n1. The minimum Gasteiger partial charge on any atom is -0.398 e. The Labute approximate surface area is 261 Å². The third-order valence-electron chi connectivity index (χ3n) is 8.21. The number of hydrogen-bond acceptors (Lipinski definition) is 6. The molecule has 224 valence electrons. The van der Waals surface area contributed by atoms with Gasteiger partial charge in [0.2, 0.25) is 11.8 Å². The zero-order valence-corrected chi connectivity index (χ0v) is 25.2. The van der Waals surface area contributed by atoms with Crippen molar-refractivity contribution in [2.45, 2.75) is 32.4 Å². The van der Waals surface area contributed by atoms with Crippen LogP contribution in [0, 0.1) is 13.8 Å². The Morgan fingerprint density at radius 2 is 1.07 bits per heavy atom. The van der Waals surface area contributed by atoms with Gasteiger partial charge in [0.05, 0.1) is 11.0 Å². The molecule has 2 amide bonds. The summed E-state index contributed by atoms with van der Waals surface area (Å²) in [6.07, 6.45) is 0. The minimum absolute atomic E-state index is 0.247. The van der Waals surface area contributed by atoms with Gasteiger partial charge >= 0.3 is 0 Å². The van der Waals surface area contributed by atoms with E-state index >= 15 is 4.79 Å². The lowest BCUT2D eigenvalue weighted by Gasteiger charge is -2.36. The predicted octanol–water partition coefficient (Wildman–Crippen LogP) is 5.56. The third-order valence-corrected chi connectivity index (χ3v) is 8.21. The lowest BCUT2D eigenvalue weighted by Crippen LogP contribution is -2.55. The fraction of sp³-hybridized carbons (Fsp3) is 0.135. The van der Waals surface area contributed by atoms with Gasteiger partial charge in [-0.1, -0.05) is 72.8 Å². The number of aryl methyl sites for hydroxylation is 2. The van der Waals surface area contributed by atoms with Gasteiger partial charge in [0.25, 0.3) is 0 Å². The van der Waals surface area contributed by atoms with Crippen LogP contribution in [0.3, 0.4) is 0 Å². The lowest BCUT2D eigenvalue weighted by molar-refractivity contribution is -0.142. The molecule has 0 radical (unpaired) electrons. The van der Waals surface area contributed by atoms with Crippen LogP contribution >= 0.6 is 0 Å². The van der Waals surface area contributed by atoms with Crippen LogP contribution in [0.2, 0.25) is 0 Å². The number of carbonyl (C=O) groups excluding carboxylic acids is 2. The highest BCUT2D eigenvalue weighted by atomic mass is 16.2. The van der Waals surface area contributed by atoms with Crippen molar-refractivity contribution in [3.05, 3.63) is 143 Å². The average Bonchev–Trinajstić information content (AvgIpc) is 3.02. The van der Waals surface area contributed by atoms with E-state index in [1.807, 2.05) is 74.5 Å². The van der Waals surface area contributed by atoms with Crippen molar-refractivity contribution in [3.8, 4) is 0 Å². The van der Waals surface area contributed by atoms with Gasteiger partial charge < -0.3 is 22.1 Å². The first-order valence-corrected chi connectivity index (χ1v) is 14.7. The second-order valence-corrected chi connectivity index (χ2v) is 11.4. The molecule has 8 heteroatoms. The summed E-state index contributed by atoms with van der Waals surface area (Å²) >= 11 is 0. The number of hydrogen-bond donors (Lipinski definition) is 3. The number of fused-ring (bicyclic) bond motifs is 2. The van der Waals surface area contributed by atoms with E-state index < -0.39 is 17.2 Å². The molecule has 8 nitrogen and oxygen atoms in total. The molecule has 4 aromatic carbocycles. The first-order chi connectivity index (χ1) is 21.7. The van der Waals surface area contributed by atoms with E-state index in [0.29, 0.717) is 44.3 Å². The summed E-state index contributed by atoms with van der Waals surface area (Å²) < 4.78 is 0. The number of amides is 2. The van der Waals surface area contributed by atoms with Crippen molar-refractivity contribution in [3.63, 3.8) is 0 Å². The van der Waals surface area contributed by atoms with Crippen molar-refractivity contribution in [2.24, 2.45) is 5.73 Å². The number of carbonyl (C=O) groups is 2. The van der Waals surface area contributed by atoms with E-state index in [1.54, 1.807) is 53.4 Å². The van der Waals surface area contributed by atoms with Gasteiger partial charge in [0.15, 0.2) is 5.41 Å². The first kappa shape index (κ1) is 29.3. The molecule has 0 aliphatic carbocycles. The largest absolute Gasteiger partial charge is 0.398 e. The zero-order chi connectivity index (χ0) is 31.7. The fourth-order valence-corrected chi connectivity index (χ4v) is 6.09. The standard InChI is InChI=1S/C37H34N6O2/c1-23-17-31(38)29-19-27(13-15-33(29)41-23)37(35(40)44,28-14-16-34-30(20-28)32(39)18-24(2)42-34)36(45)43(21-25-9-5-3-6-10-25)22-26-11-7-4-8-12-26/h3-20H,21-22H2,1-2H3,(H2,38,41)(H2,39,42)(H2,40,44). The minimum atomic E-state index is -1.94. The average molecular weight is 595 g/mol. The number of nitrogen functional groups attached to an aromatic ring is 2. The molecule has 6 rings (SSSR count). The topological polar surface area (TPSA) is 141 Å². The highest BCUT2D eigenvalue weighted by molar-refractivity contribution is 6.15. The van der Waals surface area contributed by atoms with Gasteiger partial charge in [-0.15, -0.1) is 0 Å². The molecule has 0 saturated carbocycles. The van der Waals surface area contributed by atoms with E-state index in [0.717, 1.165) is 22.5 Å². The number of pyridine rings is 2. The molecule has 0 aliphatic heterocycles. The van der Waals surface area contributed by atoms with Crippen molar-refractivity contribution in [2.75, 3.05) is 11.5 Å². The summed E-state index contributed by atoms with van der Waals surface area (Å²) in [5.41, 5.74) is 23.7. The predicted molar refractivity (Wildman–Crippen MR) is 179 cm³/mol. The normalized spacial score (nSPS) is 11.5. The van der Waals surface area contributed by atoms with Crippen LogP contribution in [0.5, 0.6) is 0 Å². The number of nitrogens with zero attached hydrogens (tertiary/aromatic N) is 3. The van der Waals surface area contributed by atoms with Crippen LogP contribution in [0.15, 0.2) is 109 Å². The summed E-state index contributed by atoms with van der Waals surface area (Å²) in [5, 5.41) is 1.23. The Morgan fingerprint density at radius 1 is 0.644 bits per heavy atom. The first-order valence-electron chi connectivity index (χ1n) is 14.7. The van der Waals surface area contributed by atoms with E-state index in [1.165, 1.54) is 0 Å². The Hall–Kier alpha value is -5.76. The molecule has 0 bridgehead atoms. The van der Waals surface area contributed by atoms with Crippen LogP contribution in [0.4, 0.5) is 11.4 Å². The van der Waals surface area contributed by atoms with Crippen LogP contribution in [-0.4, -0.2) is 26.7 Å². The number of benzene rings is 4. The van der Waals surface area contributed by atoms with E-state index in [4.69, 9.17) is 17.2 Å². The highest BCUT2D eigenvalue weighted by Crippen LogP contribution is 2.39. The molecule has 0 saturated heterocycles. The van der Waals surface area contributed by atoms with Crippen molar-refractivity contribution >= 4 is 45.0 Å². The molecule has 0 spiro atoms. The number of aromatic nitrogens is 2. The molecular weight excluding hydrogens is 560 g/mol. The van der Waals surface area contributed by atoms with E-state index in [2.05, 4.69) is 9.97 Å². The quantitative estimate of drug-likeness (QED) is 0.197. The van der Waals surface area contributed by atoms with Crippen molar-refractivity contribution < 1.29 is 9.59 Å². The number of primary amides is 1. The van der Waals surface area contributed by atoms with Crippen LogP contribution < -0.4 is 17.2 Å². The Morgan fingerprint density at radius 3 is 1.47 bits per heavy atom. The molecule has 0 atom stereocenters. The van der Waals surface area contributed by atoms with Crippen molar-refractivity contribution in [1.29, 1.82) is 0 Å². The Balaban J connectivity index is 1.63. The van der Waals surface area contributed by atoms with E-state index in [-0.39, 0.29) is 13.1 Å². The van der Waals surface area contributed by atoms with Gasteiger partial charge in [-0.05, 0) is 72.5 Å². The fourth-order valence-electron chi connectivity index (χ4n) is 6.09. The van der Waals surface area contributed by atoms with Crippen LogP contribution in [0.25, 0.3) is 21.8 Å². The number of nitrogens with two attached hydrogens (primary N) is 3. The summed E-state index contributed by atoms with van der Waals surface area (Å²) in [7, 11) is 0. The molecule has 0 unspecified atom stereocenters. The van der Waals surface area contributed by atoms with Gasteiger partial charge in [0, 0.05) is 46.6 Å². The Bertz CT molecular complexity index is 1930. The second-order valence-electron chi connectivity index (χ2n) is 11.4. The number of anilines is 2. The second kappa shape index (κ2) is 11.7. The monoisotopic (exact) mass is 594 g/mol. The maximum Gasteiger partial charge on any atom is 0.247 e. The van der Waals surface area contributed by atoms with Gasteiger partial charge in [-0.3, -0.25) is 19.6 Å². The van der Waals surface area contributed by atoms with Gasteiger partial charge in [-0.25, -0.2) is 0 Å². The third kappa shape index (κ3) is 5.42. The summed E-state index contributed by atoms with van der Waals surface area (Å²) in [6.45, 7) is 4.22. The molecule has 2 heterocycles. The molecule has 6 aromatic rings. The molecule has 2 aromatic heterocycles. The summed E-state index contributed by atoms with van der Waals surface area (Å²) in [5.74, 6) is -1.30. The molecule has 6 N–H and O–H groups in total. The van der Waals surface area contributed by atoms with Crippen LogP contribution in [0.1, 0.15) is 33.6 Å². The smallest absolute Gasteiger partial charge is 0.247 e. The van der Waals surface area contributed by atoms with E-state index in [9.17, 15) is 4.79 Å². The highest BCUT2D eigenvalue weighted by Gasteiger charge is 2.50. The van der Waals surface area contributed by atoms with Gasteiger partial charge in [0.1, 0.15) is 0 Å². The van der Waals surface area contributed by atoms with Crippen LogP contribution in [-0.2, 0) is 28.1 Å². The van der Waals surface area contributed by atoms with Crippen molar-refractivity contribution in [1.82, 2.24) is 14.9 Å². The molecule has 45 heavy (non-hydrogen) atoms. The summed E-state index contributed by atoms with van der Waals surface area (Å²) in [6, 6.07) is 33.4. The maximum atomic E-state index is 15.3.